The van der Waals surface area contributed by atoms with Crippen molar-refractivity contribution in [3.8, 4) is 18.1 Å². The summed E-state index contributed by atoms with van der Waals surface area (Å²) in [5.74, 6) is 2.68. The minimum Gasteiger partial charge on any atom is -0.492 e. The van der Waals surface area contributed by atoms with E-state index in [1.165, 1.54) is 23.5 Å². The molecule has 2 aromatic heterocycles. The number of rotatable bonds is 5. The lowest BCUT2D eigenvalue weighted by molar-refractivity contribution is -0.380. The molecule has 7 nitrogen and oxygen atoms in total. The lowest BCUT2D eigenvalue weighted by Gasteiger charge is -2.07. The number of thiophene rings is 1. The van der Waals surface area contributed by atoms with Crippen LogP contribution in [0.25, 0.3) is 10.2 Å². The van der Waals surface area contributed by atoms with Gasteiger partial charge < -0.3 is 9.30 Å². The second kappa shape index (κ2) is 7.51. The van der Waals surface area contributed by atoms with Gasteiger partial charge in [0.15, 0.2) is 4.80 Å². The highest BCUT2D eigenvalue weighted by molar-refractivity contribution is 7.17. The molecule has 3 aromatic rings. The number of fused-ring (bicyclic) bond motifs is 1. The van der Waals surface area contributed by atoms with Crippen LogP contribution in [0.1, 0.15) is 16.6 Å². The number of terminal acetylenes is 1. The van der Waals surface area contributed by atoms with Crippen molar-refractivity contribution in [2.45, 2.75) is 13.5 Å². The highest BCUT2D eigenvalue weighted by Crippen LogP contribution is 2.28. The van der Waals surface area contributed by atoms with Gasteiger partial charge in [-0.1, -0.05) is 34.7 Å². The average Bonchev–Trinajstić information content (AvgIpc) is 3.22. The maximum absolute atomic E-state index is 12.4. The van der Waals surface area contributed by atoms with Crippen LogP contribution in [0.4, 0.5) is 5.00 Å². The predicted molar refractivity (Wildman–Crippen MR) is 101 cm³/mol. The third-order valence-electron chi connectivity index (χ3n) is 3.39. The summed E-state index contributed by atoms with van der Waals surface area (Å²) in [4.78, 5) is 27.4. The van der Waals surface area contributed by atoms with Gasteiger partial charge in [-0.15, -0.1) is 6.42 Å². The van der Waals surface area contributed by atoms with Crippen LogP contribution < -0.4 is 9.54 Å². The molecule has 0 unspecified atom stereocenters. The molecule has 3 rings (SSSR count). The van der Waals surface area contributed by atoms with Crippen molar-refractivity contribution in [2.75, 3.05) is 6.61 Å². The summed E-state index contributed by atoms with van der Waals surface area (Å²) in [5.41, 5.74) is 0.779. The molecule has 0 bridgehead atoms. The molecule has 0 aliphatic heterocycles. The summed E-state index contributed by atoms with van der Waals surface area (Å²) in [6.07, 6.45) is 5.48. The van der Waals surface area contributed by atoms with Gasteiger partial charge in [0.1, 0.15) is 16.1 Å². The van der Waals surface area contributed by atoms with Gasteiger partial charge in [0, 0.05) is 6.07 Å². The van der Waals surface area contributed by atoms with E-state index in [0.717, 1.165) is 21.6 Å². The number of benzene rings is 1. The average molecular weight is 387 g/mol. The van der Waals surface area contributed by atoms with Gasteiger partial charge in [-0.25, -0.2) is 0 Å². The minimum absolute atomic E-state index is 0.102. The van der Waals surface area contributed by atoms with E-state index in [2.05, 4.69) is 10.9 Å². The topological polar surface area (TPSA) is 86.7 Å². The highest BCUT2D eigenvalue weighted by Gasteiger charge is 2.16. The second-order valence-electron chi connectivity index (χ2n) is 5.02. The standard InChI is InChI=1S/C17H13N3O4S2/c1-3-10-19-15-11(24-4-2)6-5-7-12(15)26-17(19)18-16(21)13-8-9-14(25-13)20(22)23/h1,5-9H,4,10H2,2H3. The van der Waals surface area contributed by atoms with Crippen molar-refractivity contribution in [1.82, 2.24) is 4.57 Å². The maximum Gasteiger partial charge on any atom is 0.324 e. The van der Waals surface area contributed by atoms with E-state index in [1.54, 1.807) is 4.57 Å². The second-order valence-corrected chi connectivity index (χ2v) is 7.09. The number of para-hydroxylation sites is 1. The van der Waals surface area contributed by atoms with Crippen LogP contribution in [0.2, 0.25) is 0 Å². The number of hydrogen-bond donors (Lipinski definition) is 0. The van der Waals surface area contributed by atoms with Crippen LogP contribution >= 0.6 is 22.7 Å². The normalized spacial score (nSPS) is 11.5. The van der Waals surface area contributed by atoms with E-state index in [-0.39, 0.29) is 16.4 Å². The van der Waals surface area contributed by atoms with Crippen LogP contribution in [0.5, 0.6) is 5.75 Å². The molecule has 2 heterocycles. The Bertz CT molecular complexity index is 1100. The molecule has 0 aliphatic rings. The van der Waals surface area contributed by atoms with E-state index in [9.17, 15) is 14.9 Å². The minimum atomic E-state index is -0.543. The molecule has 0 fully saturated rings. The van der Waals surface area contributed by atoms with Gasteiger partial charge in [0.25, 0.3) is 5.91 Å². The van der Waals surface area contributed by atoms with Crippen molar-refractivity contribution >= 4 is 43.8 Å². The molecule has 1 amide bonds. The van der Waals surface area contributed by atoms with Gasteiger partial charge >= 0.3 is 5.00 Å². The Kier molecular flexibility index (Phi) is 5.16. The van der Waals surface area contributed by atoms with Gasteiger partial charge in [0.05, 0.1) is 22.8 Å². The summed E-state index contributed by atoms with van der Waals surface area (Å²) >= 11 is 2.10. The Morgan fingerprint density at radius 1 is 1.38 bits per heavy atom. The highest BCUT2D eigenvalue weighted by atomic mass is 32.1. The van der Waals surface area contributed by atoms with E-state index in [0.29, 0.717) is 17.2 Å². The molecule has 0 radical (unpaired) electrons. The van der Waals surface area contributed by atoms with E-state index >= 15 is 0 Å². The molecule has 0 N–H and O–H groups in total. The molecule has 0 spiro atoms. The number of ether oxygens (including phenoxy) is 1. The third kappa shape index (κ3) is 3.37. The van der Waals surface area contributed by atoms with Crippen LogP contribution in [-0.2, 0) is 6.54 Å². The summed E-state index contributed by atoms with van der Waals surface area (Å²) < 4.78 is 8.28. The number of aromatic nitrogens is 1. The smallest absolute Gasteiger partial charge is 0.324 e. The fourth-order valence-electron chi connectivity index (χ4n) is 2.38. The van der Waals surface area contributed by atoms with Crippen molar-refractivity contribution < 1.29 is 14.5 Å². The fourth-order valence-corrected chi connectivity index (χ4v) is 4.13. The number of carbonyl (C=O) groups excluding carboxylic acids is 1. The Balaban J connectivity index is 2.14. The van der Waals surface area contributed by atoms with Crippen molar-refractivity contribution in [3.63, 3.8) is 0 Å². The zero-order chi connectivity index (χ0) is 18.7. The number of thiazole rings is 1. The van der Waals surface area contributed by atoms with Crippen molar-refractivity contribution in [1.29, 1.82) is 0 Å². The van der Waals surface area contributed by atoms with Gasteiger partial charge in [-0.3, -0.25) is 14.9 Å². The molecule has 0 aliphatic carbocycles. The monoisotopic (exact) mass is 387 g/mol. The summed E-state index contributed by atoms with van der Waals surface area (Å²) in [6, 6.07) is 8.28. The molecule has 0 atom stereocenters. The Morgan fingerprint density at radius 2 is 2.19 bits per heavy atom. The van der Waals surface area contributed by atoms with Gasteiger partial charge in [-0.05, 0) is 25.1 Å². The first-order valence-electron chi connectivity index (χ1n) is 7.57. The summed E-state index contributed by atoms with van der Waals surface area (Å²) in [7, 11) is 0. The quantitative estimate of drug-likeness (QED) is 0.381. The van der Waals surface area contributed by atoms with Gasteiger partial charge in [0.2, 0.25) is 0 Å². The number of carbonyl (C=O) groups is 1. The third-order valence-corrected chi connectivity index (χ3v) is 5.46. The Morgan fingerprint density at radius 3 is 2.85 bits per heavy atom. The fraction of sp³-hybridized carbons (Fsp3) is 0.176. The number of nitrogens with zero attached hydrogens (tertiary/aromatic N) is 3. The zero-order valence-electron chi connectivity index (χ0n) is 13.7. The maximum atomic E-state index is 12.4. The molecule has 1 aromatic carbocycles. The van der Waals surface area contributed by atoms with Crippen LogP contribution in [0.3, 0.4) is 0 Å². The van der Waals surface area contributed by atoms with E-state index in [1.807, 2.05) is 25.1 Å². The lowest BCUT2D eigenvalue weighted by Crippen LogP contribution is -2.16. The SMILES string of the molecule is C#CCn1c(=NC(=O)c2ccc([N+](=O)[O-])s2)sc2cccc(OCC)c21. The van der Waals surface area contributed by atoms with Crippen LogP contribution in [-0.4, -0.2) is 22.0 Å². The number of hydrogen-bond acceptors (Lipinski definition) is 6. The first-order chi connectivity index (χ1) is 12.5. The molecule has 132 valence electrons. The Hall–Kier alpha value is -2.96. The number of amides is 1. The van der Waals surface area contributed by atoms with Gasteiger partial charge in [-0.2, -0.15) is 4.99 Å². The van der Waals surface area contributed by atoms with E-state index < -0.39 is 10.8 Å². The largest absolute Gasteiger partial charge is 0.492 e. The molecular formula is C17H13N3O4S2. The first kappa shape index (κ1) is 17.8. The van der Waals surface area contributed by atoms with E-state index in [4.69, 9.17) is 11.2 Å². The summed E-state index contributed by atoms with van der Waals surface area (Å²) in [5, 5.41) is 10.7. The molecule has 9 heteroatoms. The van der Waals surface area contributed by atoms with Crippen molar-refractivity contribution in [2.24, 2.45) is 4.99 Å². The van der Waals surface area contributed by atoms with Crippen LogP contribution in [0, 0.1) is 22.5 Å². The van der Waals surface area contributed by atoms with Crippen molar-refractivity contribution in [3.05, 3.63) is 50.1 Å². The lowest BCUT2D eigenvalue weighted by atomic mass is 10.3. The Labute approximate surface area is 156 Å². The zero-order valence-corrected chi connectivity index (χ0v) is 15.3. The first-order valence-corrected chi connectivity index (χ1v) is 9.20. The predicted octanol–water partition coefficient (Wildman–Crippen LogP) is 3.45. The molecular weight excluding hydrogens is 374 g/mol. The molecule has 0 saturated carbocycles. The molecule has 26 heavy (non-hydrogen) atoms. The molecule has 0 saturated heterocycles. The van der Waals surface area contributed by atoms with Crippen LogP contribution in [0.15, 0.2) is 35.3 Å². The summed E-state index contributed by atoms with van der Waals surface area (Å²) in [6.45, 7) is 2.60. The number of nitro groups is 1.